The van der Waals surface area contributed by atoms with E-state index in [9.17, 15) is 0 Å². The minimum absolute atomic E-state index is 0.993. The summed E-state index contributed by atoms with van der Waals surface area (Å²) in [6.07, 6.45) is 9.54. The van der Waals surface area contributed by atoms with Crippen LogP contribution in [-0.2, 0) is 31.2 Å². The Morgan fingerprint density at radius 3 is 1.85 bits per heavy atom. The summed E-state index contributed by atoms with van der Waals surface area (Å²) in [6.45, 7) is 3.06. The Morgan fingerprint density at radius 1 is 0.846 bits per heavy atom. The summed E-state index contributed by atoms with van der Waals surface area (Å²) in [4.78, 5) is 4.35. The molecule has 1 heterocycles. The van der Waals surface area contributed by atoms with E-state index in [0.717, 1.165) is 43.7 Å². The molecule has 0 radical (unpaired) electrons. The number of imidazole rings is 1. The number of benzene rings is 2. The van der Waals surface area contributed by atoms with Gasteiger partial charge < -0.3 is 4.57 Å². The van der Waals surface area contributed by atoms with E-state index in [-0.39, 0.29) is 0 Å². The minimum atomic E-state index is -1.43. The van der Waals surface area contributed by atoms with Gasteiger partial charge in [0, 0.05) is 18.9 Å². The third kappa shape index (κ3) is 5.65. The minimum Gasteiger partial charge on any atom is -0.335 e. The van der Waals surface area contributed by atoms with Crippen molar-refractivity contribution in [3.05, 3.63) is 90.0 Å². The summed E-state index contributed by atoms with van der Waals surface area (Å²) in [5, 5.41) is 0. The zero-order valence-corrected chi connectivity index (χ0v) is 17.1. The lowest BCUT2D eigenvalue weighted by Crippen LogP contribution is -2.10. The Labute approximate surface area is 162 Å². The molecule has 0 saturated carbocycles. The quantitative estimate of drug-likeness (QED) is 0.476. The molecule has 0 fully saturated rings. The lowest BCUT2D eigenvalue weighted by molar-refractivity contribution is 0.733. The van der Waals surface area contributed by atoms with Gasteiger partial charge in [-0.05, 0) is 55.4 Å². The molecule has 0 unspecified atom stereocenters. The third-order valence-corrected chi connectivity index (χ3v) is 9.71. The maximum Gasteiger partial charge on any atom is 0.105 e. The Kier molecular flexibility index (Phi) is 6.82. The fourth-order valence-corrected chi connectivity index (χ4v) is 6.60. The topological polar surface area (TPSA) is 17.8 Å². The van der Waals surface area contributed by atoms with Crippen molar-refractivity contribution in [2.45, 2.75) is 26.3 Å². The number of hydrogen-bond acceptors (Lipinski definition) is 2. The van der Waals surface area contributed by atoms with E-state index in [1.165, 1.54) is 11.1 Å². The predicted molar refractivity (Wildman–Crippen MR) is 116 cm³/mol. The highest BCUT2D eigenvalue weighted by Gasteiger charge is 2.18. The normalized spacial score (nSPS) is 11.6. The average molecular weight is 383 g/mol. The van der Waals surface area contributed by atoms with Crippen molar-refractivity contribution >= 4 is 17.8 Å². The maximum atomic E-state index is 6.29. The fraction of sp³-hybridized carbons (Fsp3) is 0.318. The largest absolute Gasteiger partial charge is 0.335 e. The van der Waals surface area contributed by atoms with Crippen LogP contribution >= 0.6 is 6.04 Å². The Bertz CT molecular complexity index is 795. The zero-order chi connectivity index (χ0) is 18.2. The molecule has 0 aliphatic carbocycles. The summed E-state index contributed by atoms with van der Waals surface area (Å²) in [7, 11) is 0. The first kappa shape index (κ1) is 19.1. The molecule has 3 rings (SSSR count). The van der Waals surface area contributed by atoms with E-state index < -0.39 is 6.04 Å². The summed E-state index contributed by atoms with van der Waals surface area (Å²) >= 11 is 6.29. The standard InChI is InChI=1S/C22H27N2PS/c1-20-23-14-15-24(20)16-19-25(26,17-12-21-8-4-2-5-9-21)18-13-22-10-6-3-7-11-22/h2-11,14-15H,12-13,16-19H2,1H3. The van der Waals surface area contributed by atoms with Crippen molar-refractivity contribution in [1.82, 2.24) is 9.55 Å². The van der Waals surface area contributed by atoms with Crippen LogP contribution in [0, 0.1) is 6.92 Å². The van der Waals surface area contributed by atoms with Crippen LogP contribution < -0.4 is 0 Å². The van der Waals surface area contributed by atoms with Crippen molar-refractivity contribution in [3.63, 3.8) is 0 Å². The summed E-state index contributed by atoms with van der Waals surface area (Å²) in [5.74, 6) is 1.08. The fourth-order valence-electron chi connectivity index (χ4n) is 3.22. The molecule has 0 aliphatic rings. The molecule has 0 saturated heterocycles. The molecule has 0 aliphatic heterocycles. The van der Waals surface area contributed by atoms with Crippen molar-refractivity contribution in [3.8, 4) is 0 Å². The van der Waals surface area contributed by atoms with Gasteiger partial charge in [0.15, 0.2) is 0 Å². The van der Waals surface area contributed by atoms with Crippen molar-refractivity contribution in [2.75, 3.05) is 18.5 Å². The van der Waals surface area contributed by atoms with Gasteiger partial charge in [0.2, 0.25) is 0 Å². The second-order valence-corrected chi connectivity index (χ2v) is 12.6. The van der Waals surface area contributed by atoms with Crippen LogP contribution in [0.5, 0.6) is 0 Å². The molecular formula is C22H27N2PS. The first-order chi connectivity index (χ1) is 12.6. The zero-order valence-electron chi connectivity index (χ0n) is 15.4. The molecule has 4 heteroatoms. The highest BCUT2D eigenvalue weighted by atomic mass is 32.4. The van der Waals surface area contributed by atoms with Gasteiger partial charge in [-0.3, -0.25) is 0 Å². The summed E-state index contributed by atoms with van der Waals surface area (Å²) in [6, 6.07) is 20.1. The van der Waals surface area contributed by atoms with E-state index in [1.54, 1.807) is 0 Å². The maximum absolute atomic E-state index is 6.29. The lowest BCUT2D eigenvalue weighted by atomic mass is 10.2. The monoisotopic (exact) mass is 382 g/mol. The molecule has 136 valence electrons. The van der Waals surface area contributed by atoms with Gasteiger partial charge >= 0.3 is 0 Å². The van der Waals surface area contributed by atoms with Gasteiger partial charge in [-0.25, -0.2) is 4.98 Å². The molecule has 3 aromatic rings. The van der Waals surface area contributed by atoms with E-state index in [1.807, 2.05) is 6.20 Å². The molecule has 0 amide bonds. The van der Waals surface area contributed by atoms with Crippen molar-refractivity contribution in [2.24, 2.45) is 0 Å². The number of aryl methyl sites for hydroxylation is 4. The molecular weight excluding hydrogens is 355 g/mol. The molecule has 0 N–H and O–H groups in total. The SMILES string of the molecule is Cc1nccn1CCP(=S)(CCc1ccccc1)CCc1ccccc1. The second-order valence-electron chi connectivity index (χ2n) is 6.87. The van der Waals surface area contributed by atoms with E-state index in [0.29, 0.717) is 0 Å². The first-order valence-corrected chi connectivity index (χ1v) is 12.6. The van der Waals surface area contributed by atoms with Crippen LogP contribution in [0.3, 0.4) is 0 Å². The smallest absolute Gasteiger partial charge is 0.105 e. The molecule has 2 aromatic carbocycles. The molecule has 0 atom stereocenters. The third-order valence-electron chi connectivity index (χ3n) is 4.97. The molecule has 0 bridgehead atoms. The van der Waals surface area contributed by atoms with E-state index in [4.69, 9.17) is 11.8 Å². The number of hydrogen-bond donors (Lipinski definition) is 0. The molecule has 1 aromatic heterocycles. The molecule has 0 spiro atoms. The first-order valence-electron chi connectivity index (χ1n) is 9.27. The van der Waals surface area contributed by atoms with Gasteiger partial charge in [0.1, 0.15) is 5.82 Å². The Balaban J connectivity index is 1.66. The second kappa shape index (κ2) is 9.30. The lowest BCUT2D eigenvalue weighted by Gasteiger charge is -2.23. The van der Waals surface area contributed by atoms with Crippen LogP contribution in [0.4, 0.5) is 0 Å². The average Bonchev–Trinajstić information content (AvgIpc) is 3.10. The van der Waals surface area contributed by atoms with Crippen LogP contribution in [-0.4, -0.2) is 28.0 Å². The highest BCUT2D eigenvalue weighted by molar-refractivity contribution is 8.14. The van der Waals surface area contributed by atoms with Gasteiger partial charge in [0.25, 0.3) is 0 Å². The van der Waals surface area contributed by atoms with Crippen LogP contribution in [0.2, 0.25) is 0 Å². The molecule has 26 heavy (non-hydrogen) atoms. The van der Waals surface area contributed by atoms with Crippen LogP contribution in [0.15, 0.2) is 73.1 Å². The predicted octanol–water partition coefficient (Wildman–Crippen LogP) is 5.16. The van der Waals surface area contributed by atoms with E-state index in [2.05, 4.69) is 83.3 Å². The summed E-state index contributed by atoms with van der Waals surface area (Å²) < 4.78 is 2.24. The van der Waals surface area contributed by atoms with Crippen LogP contribution in [0.25, 0.3) is 0 Å². The highest BCUT2D eigenvalue weighted by Crippen LogP contribution is 2.47. The number of aromatic nitrogens is 2. The summed E-state index contributed by atoms with van der Waals surface area (Å²) in [5.41, 5.74) is 2.81. The Hall–Kier alpha value is -1.70. The van der Waals surface area contributed by atoms with Gasteiger partial charge in [-0.15, -0.1) is 0 Å². The Morgan fingerprint density at radius 2 is 1.38 bits per heavy atom. The van der Waals surface area contributed by atoms with Crippen LogP contribution in [0.1, 0.15) is 17.0 Å². The van der Waals surface area contributed by atoms with Gasteiger partial charge in [0.05, 0.1) is 0 Å². The van der Waals surface area contributed by atoms with Gasteiger partial charge in [-0.2, -0.15) is 0 Å². The van der Waals surface area contributed by atoms with E-state index >= 15 is 0 Å². The van der Waals surface area contributed by atoms with Crippen molar-refractivity contribution in [1.29, 1.82) is 0 Å². The van der Waals surface area contributed by atoms with Crippen molar-refractivity contribution < 1.29 is 0 Å². The van der Waals surface area contributed by atoms with Gasteiger partial charge in [-0.1, -0.05) is 72.5 Å². The molecule has 2 nitrogen and oxygen atoms in total. The number of rotatable bonds is 9. The number of nitrogens with zero attached hydrogens (tertiary/aromatic N) is 2.